The van der Waals surface area contributed by atoms with Gasteiger partial charge in [-0.25, -0.2) is 4.79 Å². The highest BCUT2D eigenvalue weighted by atomic mass is 32.1. The molecule has 0 unspecified atom stereocenters. The Morgan fingerprint density at radius 1 is 0.681 bits per heavy atom. The smallest absolute Gasteiger partial charge is 0.346 e. The Kier molecular flexibility index (Phi) is 8.35. The molecule has 3 heterocycles. The summed E-state index contributed by atoms with van der Waals surface area (Å²) in [6.07, 6.45) is 1.47. The van der Waals surface area contributed by atoms with Crippen LogP contribution in [0.15, 0.2) is 156 Å². The molecule has 0 saturated carbocycles. The van der Waals surface area contributed by atoms with E-state index in [9.17, 15) is 15.2 Å². The van der Waals surface area contributed by atoms with E-state index in [0.29, 0.717) is 5.56 Å². The molecule has 47 heavy (non-hydrogen) atoms. The minimum atomic E-state index is -1.25. The lowest BCUT2D eigenvalue weighted by Gasteiger charge is -2.25. The van der Waals surface area contributed by atoms with E-state index in [-0.39, 0.29) is 5.57 Å². The van der Waals surface area contributed by atoms with Crippen molar-refractivity contribution in [2.45, 2.75) is 0 Å². The number of thiophene rings is 2. The van der Waals surface area contributed by atoms with Gasteiger partial charge in [-0.3, -0.25) is 0 Å². The first-order chi connectivity index (χ1) is 23.1. The van der Waals surface area contributed by atoms with Gasteiger partial charge in [-0.15, -0.1) is 22.7 Å². The second kappa shape index (κ2) is 13.2. The predicted octanol–water partition coefficient (Wildman–Crippen LogP) is 11.1. The first-order valence-electron chi connectivity index (χ1n) is 14.9. The lowest BCUT2D eigenvalue weighted by Crippen LogP contribution is -2.09. The summed E-state index contributed by atoms with van der Waals surface area (Å²) >= 11 is 3.18. The number of hydrogen-bond donors (Lipinski definition) is 1. The molecule has 0 amide bonds. The summed E-state index contributed by atoms with van der Waals surface area (Å²) in [6, 6.07) is 49.5. The second-order valence-electron chi connectivity index (χ2n) is 10.7. The Balaban J connectivity index is 1.29. The monoisotopic (exact) mass is 645 g/mol. The number of aliphatic carboxylic acids is 1. The zero-order valence-electron chi connectivity index (χ0n) is 25.0. The van der Waals surface area contributed by atoms with Gasteiger partial charge in [-0.1, -0.05) is 72.8 Å². The van der Waals surface area contributed by atoms with Crippen molar-refractivity contribution in [3.8, 4) is 44.0 Å². The first-order valence-corrected chi connectivity index (χ1v) is 16.7. The maximum absolute atomic E-state index is 11.8. The molecule has 0 aliphatic carbocycles. The zero-order chi connectivity index (χ0) is 32.2. The van der Waals surface area contributed by atoms with Gasteiger partial charge in [0.1, 0.15) is 11.6 Å². The molecule has 0 bridgehead atoms. The summed E-state index contributed by atoms with van der Waals surface area (Å²) in [5.41, 5.74) is 8.48. The topological polar surface area (TPSA) is 69.3 Å². The molecular weight excluding hydrogens is 619 g/mol. The van der Waals surface area contributed by atoms with Crippen LogP contribution in [-0.4, -0.2) is 15.6 Å². The molecule has 0 saturated heterocycles. The number of aromatic nitrogens is 1. The number of rotatable bonds is 9. The number of carboxylic acids is 1. The molecule has 7 heteroatoms. The largest absolute Gasteiger partial charge is 0.477 e. The quantitative estimate of drug-likeness (QED) is 0.125. The fourth-order valence-electron chi connectivity index (χ4n) is 5.68. The van der Waals surface area contributed by atoms with Crippen molar-refractivity contribution in [3.63, 3.8) is 0 Å². The molecule has 0 fully saturated rings. The van der Waals surface area contributed by atoms with Crippen molar-refractivity contribution >= 4 is 51.8 Å². The Labute approximate surface area is 280 Å². The van der Waals surface area contributed by atoms with Crippen molar-refractivity contribution in [1.29, 1.82) is 5.26 Å². The van der Waals surface area contributed by atoms with Gasteiger partial charge in [0.2, 0.25) is 0 Å². The van der Waals surface area contributed by atoms with Crippen LogP contribution < -0.4 is 4.90 Å². The molecule has 0 aliphatic heterocycles. The number of nitrogens with zero attached hydrogens (tertiary/aromatic N) is 3. The van der Waals surface area contributed by atoms with Gasteiger partial charge in [-0.05, 0) is 94.7 Å². The van der Waals surface area contributed by atoms with Crippen molar-refractivity contribution < 1.29 is 9.90 Å². The van der Waals surface area contributed by atoms with Crippen LogP contribution in [0.4, 0.5) is 17.1 Å². The van der Waals surface area contributed by atoms with Gasteiger partial charge in [0, 0.05) is 28.3 Å². The van der Waals surface area contributed by atoms with Gasteiger partial charge in [-0.2, -0.15) is 5.26 Å². The second-order valence-corrected chi connectivity index (χ2v) is 12.6. The summed E-state index contributed by atoms with van der Waals surface area (Å²) in [5, 5.41) is 23.2. The van der Waals surface area contributed by atoms with Crippen LogP contribution in [0.25, 0.3) is 44.0 Å². The van der Waals surface area contributed by atoms with Gasteiger partial charge >= 0.3 is 5.97 Å². The van der Waals surface area contributed by atoms with E-state index >= 15 is 0 Å². The third-order valence-corrected chi connectivity index (χ3v) is 9.59. The molecule has 226 valence electrons. The van der Waals surface area contributed by atoms with Crippen LogP contribution in [0.5, 0.6) is 0 Å². The first kappa shape index (κ1) is 29.8. The molecule has 0 radical (unpaired) electrons. The minimum absolute atomic E-state index is 0.311. The van der Waals surface area contributed by atoms with Crippen LogP contribution in [0.3, 0.4) is 0 Å². The van der Waals surface area contributed by atoms with Crippen LogP contribution in [0.1, 0.15) is 5.56 Å². The van der Waals surface area contributed by atoms with E-state index in [1.165, 1.54) is 6.08 Å². The zero-order valence-corrected chi connectivity index (χ0v) is 26.7. The number of anilines is 3. The van der Waals surface area contributed by atoms with E-state index < -0.39 is 5.97 Å². The molecule has 0 atom stereocenters. The highest BCUT2D eigenvalue weighted by Crippen LogP contribution is 2.41. The van der Waals surface area contributed by atoms with Crippen LogP contribution in [0.2, 0.25) is 0 Å². The number of carboxylic acid groups (broad SMARTS) is 1. The lowest BCUT2D eigenvalue weighted by atomic mass is 10.0. The van der Waals surface area contributed by atoms with Gasteiger partial charge in [0.25, 0.3) is 0 Å². The van der Waals surface area contributed by atoms with Crippen LogP contribution >= 0.6 is 22.7 Å². The van der Waals surface area contributed by atoms with Crippen molar-refractivity contribution in [2.75, 3.05) is 4.90 Å². The summed E-state index contributed by atoms with van der Waals surface area (Å²) in [7, 11) is 0. The lowest BCUT2D eigenvalue weighted by molar-refractivity contribution is -0.132. The maximum atomic E-state index is 11.8. The van der Waals surface area contributed by atoms with Crippen LogP contribution in [-0.2, 0) is 4.79 Å². The average Bonchev–Trinajstić information content (AvgIpc) is 3.91. The fourth-order valence-corrected chi connectivity index (χ4v) is 7.20. The molecule has 3 aromatic heterocycles. The Hall–Kier alpha value is -5.94. The van der Waals surface area contributed by atoms with Gasteiger partial charge in [0.15, 0.2) is 0 Å². The summed E-state index contributed by atoms with van der Waals surface area (Å²) in [6.45, 7) is 0. The number of carbonyl (C=O) groups is 1. The SMILES string of the molecule is N#C/C(=C\c1cc(-c2cccs2)n(-c2ccc(-c3ccc(N(c4ccccc4)c4ccccc4)cc3)cc2)c1-c1cccs1)C(=O)O. The third-order valence-electron chi connectivity index (χ3n) is 7.82. The number of benzene rings is 4. The molecule has 5 nitrogen and oxygen atoms in total. The standard InChI is InChI=1S/C40H27N3O2S2/c41-27-31(40(44)45)25-30-26-36(37-13-7-23-46-37)43(39(30)38-14-8-24-47-38)35-21-17-29(18-22-35)28-15-19-34(20-16-28)42(32-9-3-1-4-10-32)33-11-5-2-6-12-33/h1-26H,(H,44,45)/b31-25+. The maximum Gasteiger partial charge on any atom is 0.346 e. The third kappa shape index (κ3) is 6.03. The minimum Gasteiger partial charge on any atom is -0.477 e. The van der Waals surface area contributed by atoms with Crippen molar-refractivity contribution in [2.24, 2.45) is 0 Å². The molecule has 1 N–H and O–H groups in total. The van der Waals surface area contributed by atoms with Crippen molar-refractivity contribution in [1.82, 2.24) is 4.57 Å². The van der Waals surface area contributed by atoms with E-state index in [4.69, 9.17) is 0 Å². The van der Waals surface area contributed by atoms with Crippen LogP contribution in [0, 0.1) is 11.3 Å². The highest BCUT2D eigenvalue weighted by Gasteiger charge is 2.21. The summed E-state index contributed by atoms with van der Waals surface area (Å²) in [4.78, 5) is 16.1. The van der Waals surface area contributed by atoms with E-state index in [1.807, 2.05) is 77.5 Å². The normalized spacial score (nSPS) is 11.3. The Morgan fingerprint density at radius 3 is 1.72 bits per heavy atom. The number of para-hydroxylation sites is 2. The molecule has 7 rings (SSSR count). The molecule has 0 spiro atoms. The Bertz CT molecular complexity index is 2150. The van der Waals surface area contributed by atoms with Gasteiger partial charge in [0.05, 0.1) is 21.1 Å². The molecular formula is C40H27N3O2S2. The van der Waals surface area contributed by atoms with E-state index in [2.05, 4.69) is 88.3 Å². The highest BCUT2D eigenvalue weighted by molar-refractivity contribution is 7.14. The molecule has 0 aliphatic rings. The van der Waals surface area contributed by atoms with E-state index in [0.717, 1.165) is 55.0 Å². The summed E-state index contributed by atoms with van der Waals surface area (Å²) in [5.74, 6) is -1.25. The van der Waals surface area contributed by atoms with E-state index in [1.54, 1.807) is 22.7 Å². The Morgan fingerprint density at radius 2 is 1.21 bits per heavy atom. The molecule has 7 aromatic rings. The van der Waals surface area contributed by atoms with Gasteiger partial charge < -0.3 is 14.6 Å². The molecule has 4 aromatic carbocycles. The predicted molar refractivity (Wildman–Crippen MR) is 194 cm³/mol. The fraction of sp³-hybridized carbons (Fsp3) is 0. The number of hydrogen-bond acceptors (Lipinski definition) is 5. The van der Waals surface area contributed by atoms with Crippen molar-refractivity contribution in [3.05, 3.63) is 161 Å². The average molecular weight is 646 g/mol. The number of nitriles is 1. The summed E-state index contributed by atoms with van der Waals surface area (Å²) < 4.78 is 2.16.